The van der Waals surface area contributed by atoms with Gasteiger partial charge >= 0.3 is 5.97 Å². The summed E-state index contributed by atoms with van der Waals surface area (Å²) in [5, 5.41) is 3.36. The fourth-order valence-corrected chi connectivity index (χ4v) is 4.80. The average Bonchev–Trinajstić information content (AvgIpc) is 2.96. The van der Waals surface area contributed by atoms with Crippen LogP contribution in [0.1, 0.15) is 57.5 Å². The van der Waals surface area contributed by atoms with E-state index >= 15 is 0 Å². The smallest absolute Gasteiger partial charge is 0.325 e. The minimum absolute atomic E-state index is 0.0219. The molecule has 2 N–H and O–H groups in total. The van der Waals surface area contributed by atoms with Gasteiger partial charge in [-0.05, 0) is 61.3 Å². The molecule has 42 heavy (non-hydrogen) atoms. The number of ether oxygens (including phenoxy) is 2. The maximum atomic E-state index is 13.6. The molecule has 0 radical (unpaired) electrons. The minimum Gasteiger partial charge on any atom is -0.494 e. The molecule has 1 heterocycles. The molecule has 3 aromatic carbocycles. The molecule has 0 atom stereocenters. The van der Waals surface area contributed by atoms with Crippen LogP contribution in [0.2, 0.25) is 0 Å². The molecular formula is C34H39N3O5. The lowest BCUT2D eigenvalue weighted by Crippen LogP contribution is -2.32. The molecule has 0 aliphatic rings. The lowest BCUT2D eigenvalue weighted by atomic mass is 9.84. The first-order valence-electron chi connectivity index (χ1n) is 14.3. The maximum absolute atomic E-state index is 13.6. The topological polar surface area (TPSA) is 101 Å². The SMILES string of the molecule is CCOc1ccc(-c2cc(C(C)(C)C)c(OC(=O)CN(CC)CC)cc2NC(=O)c2c[nH]c3ccccc3c2=O)cc1. The van der Waals surface area contributed by atoms with E-state index in [4.69, 9.17) is 9.47 Å². The van der Waals surface area contributed by atoms with E-state index < -0.39 is 5.91 Å². The Bertz CT molecular complexity index is 1630. The summed E-state index contributed by atoms with van der Waals surface area (Å²) < 4.78 is 11.6. The predicted octanol–water partition coefficient (Wildman–Crippen LogP) is 6.39. The Hall–Kier alpha value is -4.43. The standard InChI is InChI=1S/C34H39N3O5/c1-7-37(8-2)21-31(38)42-30-19-29(36-33(40)26-20-35-28-13-11-10-12-24(28)32(26)39)25(18-27(30)34(4,5)6)22-14-16-23(17-15-22)41-9-3/h10-20H,7-9,21H2,1-6H3,(H,35,39)(H,36,40). The third-order valence-electron chi connectivity index (χ3n) is 7.16. The molecule has 8 heteroatoms. The molecule has 0 saturated heterocycles. The van der Waals surface area contributed by atoms with Crippen LogP contribution in [0.15, 0.2) is 71.7 Å². The van der Waals surface area contributed by atoms with E-state index in [1.807, 2.05) is 82.8 Å². The monoisotopic (exact) mass is 569 g/mol. The number of para-hydroxylation sites is 1. The largest absolute Gasteiger partial charge is 0.494 e. The van der Waals surface area contributed by atoms with Gasteiger partial charge in [-0.2, -0.15) is 0 Å². The van der Waals surface area contributed by atoms with Crippen LogP contribution in [-0.2, 0) is 10.2 Å². The number of aromatic nitrogens is 1. The quantitative estimate of drug-likeness (QED) is 0.170. The van der Waals surface area contributed by atoms with Crippen molar-refractivity contribution in [2.24, 2.45) is 0 Å². The molecule has 0 saturated carbocycles. The Morgan fingerprint density at radius 2 is 1.64 bits per heavy atom. The number of hydrogen-bond donors (Lipinski definition) is 2. The second kappa shape index (κ2) is 13.0. The van der Waals surface area contributed by atoms with Crippen LogP contribution in [-0.4, -0.2) is 48.0 Å². The number of nitrogens with zero attached hydrogens (tertiary/aromatic N) is 1. The molecule has 1 amide bonds. The van der Waals surface area contributed by atoms with Crippen LogP contribution in [0, 0.1) is 0 Å². The first-order valence-corrected chi connectivity index (χ1v) is 14.3. The predicted molar refractivity (Wildman–Crippen MR) is 168 cm³/mol. The van der Waals surface area contributed by atoms with E-state index in [0.29, 0.717) is 28.9 Å². The number of carbonyl (C=O) groups is 2. The Kier molecular flexibility index (Phi) is 9.48. The molecule has 4 rings (SSSR count). The number of nitrogens with one attached hydrogen (secondary N) is 2. The van der Waals surface area contributed by atoms with E-state index in [1.165, 1.54) is 6.20 Å². The highest BCUT2D eigenvalue weighted by molar-refractivity contribution is 6.07. The fraction of sp³-hybridized carbons (Fsp3) is 0.324. The van der Waals surface area contributed by atoms with Crippen LogP contribution in [0.3, 0.4) is 0 Å². The van der Waals surface area contributed by atoms with Crippen molar-refractivity contribution in [1.29, 1.82) is 0 Å². The van der Waals surface area contributed by atoms with Gasteiger partial charge in [-0.25, -0.2) is 0 Å². The molecule has 0 spiro atoms. The van der Waals surface area contributed by atoms with Crippen molar-refractivity contribution in [3.05, 3.63) is 88.2 Å². The van der Waals surface area contributed by atoms with Gasteiger partial charge in [-0.1, -0.05) is 58.9 Å². The maximum Gasteiger partial charge on any atom is 0.325 e. The van der Waals surface area contributed by atoms with E-state index in [2.05, 4.69) is 10.3 Å². The van der Waals surface area contributed by atoms with Gasteiger partial charge in [-0.3, -0.25) is 19.3 Å². The lowest BCUT2D eigenvalue weighted by molar-refractivity contribution is -0.135. The van der Waals surface area contributed by atoms with Crippen molar-refractivity contribution in [1.82, 2.24) is 9.88 Å². The zero-order valence-electron chi connectivity index (χ0n) is 25.2. The number of fused-ring (bicyclic) bond motifs is 1. The second-order valence-corrected chi connectivity index (χ2v) is 11.1. The van der Waals surface area contributed by atoms with Gasteiger partial charge in [0, 0.05) is 34.3 Å². The number of anilines is 1. The Morgan fingerprint density at radius 3 is 2.29 bits per heavy atom. The number of carbonyl (C=O) groups excluding carboxylic acids is 2. The molecule has 0 unspecified atom stereocenters. The number of esters is 1. The highest BCUT2D eigenvalue weighted by Gasteiger charge is 2.25. The summed E-state index contributed by atoms with van der Waals surface area (Å²) in [6.07, 6.45) is 1.42. The Morgan fingerprint density at radius 1 is 0.952 bits per heavy atom. The summed E-state index contributed by atoms with van der Waals surface area (Å²) in [4.78, 5) is 44.8. The normalized spacial score (nSPS) is 11.5. The van der Waals surface area contributed by atoms with Crippen molar-refractivity contribution in [2.75, 3.05) is 31.6 Å². The molecule has 0 bridgehead atoms. The number of rotatable bonds is 10. The summed E-state index contributed by atoms with van der Waals surface area (Å²) in [7, 11) is 0. The van der Waals surface area contributed by atoms with Crippen LogP contribution < -0.4 is 20.2 Å². The molecule has 4 aromatic rings. The highest BCUT2D eigenvalue weighted by atomic mass is 16.5. The second-order valence-electron chi connectivity index (χ2n) is 11.1. The van der Waals surface area contributed by atoms with Gasteiger partial charge in [0.05, 0.1) is 18.8 Å². The third-order valence-corrected chi connectivity index (χ3v) is 7.16. The zero-order chi connectivity index (χ0) is 30.4. The van der Waals surface area contributed by atoms with Crippen LogP contribution in [0.25, 0.3) is 22.0 Å². The summed E-state index contributed by atoms with van der Waals surface area (Å²) >= 11 is 0. The number of benzene rings is 3. The van der Waals surface area contributed by atoms with Gasteiger partial charge in [0.2, 0.25) is 5.43 Å². The number of aromatic amines is 1. The number of hydrogen-bond acceptors (Lipinski definition) is 6. The van der Waals surface area contributed by atoms with Crippen molar-refractivity contribution < 1.29 is 19.1 Å². The van der Waals surface area contributed by atoms with Crippen LogP contribution in [0.5, 0.6) is 11.5 Å². The number of likely N-dealkylation sites (N-methyl/N-ethyl adjacent to an activating group) is 1. The van der Waals surface area contributed by atoms with Crippen LogP contribution >= 0.6 is 0 Å². The summed E-state index contributed by atoms with van der Waals surface area (Å²) in [6, 6.07) is 18.2. The summed E-state index contributed by atoms with van der Waals surface area (Å²) in [6.45, 7) is 14.2. The Balaban J connectivity index is 1.82. The minimum atomic E-state index is -0.571. The molecule has 0 aliphatic heterocycles. The van der Waals surface area contributed by atoms with E-state index in [0.717, 1.165) is 35.5 Å². The fourth-order valence-electron chi connectivity index (χ4n) is 4.80. The molecule has 0 aliphatic carbocycles. The zero-order valence-corrected chi connectivity index (χ0v) is 25.2. The van der Waals surface area contributed by atoms with Crippen molar-refractivity contribution in [3.63, 3.8) is 0 Å². The molecule has 0 fully saturated rings. The Labute approximate surface area is 246 Å². The van der Waals surface area contributed by atoms with Crippen molar-refractivity contribution >= 4 is 28.5 Å². The molecule has 8 nitrogen and oxygen atoms in total. The lowest BCUT2D eigenvalue weighted by Gasteiger charge is -2.26. The first-order chi connectivity index (χ1) is 20.0. The van der Waals surface area contributed by atoms with E-state index in [1.54, 1.807) is 24.3 Å². The molecular weight excluding hydrogens is 530 g/mol. The number of pyridine rings is 1. The van der Waals surface area contributed by atoms with Crippen molar-refractivity contribution in [3.8, 4) is 22.6 Å². The van der Waals surface area contributed by atoms with Gasteiger partial charge in [-0.15, -0.1) is 0 Å². The molecule has 1 aromatic heterocycles. The van der Waals surface area contributed by atoms with Gasteiger partial charge in [0.1, 0.15) is 17.1 Å². The summed E-state index contributed by atoms with van der Waals surface area (Å²) in [5.74, 6) is 0.129. The van der Waals surface area contributed by atoms with Gasteiger partial charge < -0.3 is 19.8 Å². The summed E-state index contributed by atoms with van der Waals surface area (Å²) in [5.41, 5.74) is 2.63. The number of H-pyrrole nitrogens is 1. The highest BCUT2D eigenvalue weighted by Crippen LogP contribution is 2.40. The van der Waals surface area contributed by atoms with Gasteiger partial charge in [0.25, 0.3) is 5.91 Å². The average molecular weight is 570 g/mol. The van der Waals surface area contributed by atoms with Gasteiger partial charge in [0.15, 0.2) is 0 Å². The number of amides is 1. The van der Waals surface area contributed by atoms with E-state index in [-0.39, 0.29) is 28.9 Å². The van der Waals surface area contributed by atoms with Crippen molar-refractivity contribution in [2.45, 2.75) is 47.0 Å². The third kappa shape index (κ3) is 6.89. The first kappa shape index (κ1) is 30.5. The van der Waals surface area contributed by atoms with Crippen LogP contribution in [0.4, 0.5) is 5.69 Å². The molecule has 220 valence electrons. The van der Waals surface area contributed by atoms with E-state index in [9.17, 15) is 14.4 Å².